The number of urea groups is 1. The second kappa shape index (κ2) is 10.7. The van der Waals surface area contributed by atoms with Gasteiger partial charge in [-0.2, -0.15) is 0 Å². The number of nitrogens with one attached hydrogen (secondary N) is 1. The lowest BCUT2D eigenvalue weighted by Gasteiger charge is -2.35. The van der Waals surface area contributed by atoms with Crippen molar-refractivity contribution >= 4 is 29.6 Å². The van der Waals surface area contributed by atoms with Gasteiger partial charge in [-0.25, -0.2) is 14.4 Å². The van der Waals surface area contributed by atoms with E-state index in [0.717, 1.165) is 0 Å². The summed E-state index contributed by atoms with van der Waals surface area (Å²) in [4.78, 5) is 51.3. The number of esters is 3. The van der Waals surface area contributed by atoms with Crippen LogP contribution in [0.15, 0.2) is 53.7 Å². The summed E-state index contributed by atoms with van der Waals surface area (Å²) in [5.41, 5.74) is 1.28. The normalized spacial score (nSPS) is 15.3. The van der Waals surface area contributed by atoms with Crippen LogP contribution in [0.1, 0.15) is 42.7 Å². The van der Waals surface area contributed by atoms with Crippen LogP contribution in [0.5, 0.6) is 11.5 Å². The van der Waals surface area contributed by atoms with E-state index in [9.17, 15) is 19.2 Å². The Kier molecular flexibility index (Phi) is 7.75. The topological polar surface area (TPSA) is 120 Å². The maximum Gasteiger partial charge on any atom is 0.337 e. The lowest BCUT2D eigenvalue weighted by atomic mass is 9.93. The van der Waals surface area contributed by atoms with Crippen molar-refractivity contribution in [3.63, 3.8) is 0 Å². The van der Waals surface area contributed by atoms with Crippen LogP contribution in [0.2, 0.25) is 0 Å². The number of ether oxygens (including phenoxy) is 4. The Bertz CT molecular complexity index is 1200. The Morgan fingerprint density at radius 1 is 1.03 bits per heavy atom. The van der Waals surface area contributed by atoms with Crippen LogP contribution in [0.25, 0.3) is 0 Å². The van der Waals surface area contributed by atoms with Gasteiger partial charge in [0.25, 0.3) is 0 Å². The number of methoxy groups -OCH3 is 2. The molecular formula is C25H26N2O8. The lowest BCUT2D eigenvalue weighted by Crippen LogP contribution is -2.48. The first kappa shape index (κ1) is 25.3. The molecule has 1 aliphatic heterocycles. The van der Waals surface area contributed by atoms with E-state index in [2.05, 4.69) is 5.32 Å². The fraction of sp³-hybridized carbons (Fsp3) is 0.280. The molecule has 2 aromatic carbocycles. The molecule has 184 valence electrons. The van der Waals surface area contributed by atoms with Gasteiger partial charge in [0, 0.05) is 18.2 Å². The zero-order chi connectivity index (χ0) is 25.7. The van der Waals surface area contributed by atoms with E-state index in [1.807, 2.05) is 0 Å². The molecule has 0 saturated carbocycles. The first-order valence-electron chi connectivity index (χ1n) is 10.8. The summed E-state index contributed by atoms with van der Waals surface area (Å²) in [7, 11) is 2.48. The maximum absolute atomic E-state index is 13.3. The number of rotatable bonds is 7. The molecular weight excluding hydrogens is 456 g/mol. The van der Waals surface area contributed by atoms with Gasteiger partial charge in [0.2, 0.25) is 0 Å². The van der Waals surface area contributed by atoms with Gasteiger partial charge in [-0.1, -0.05) is 18.2 Å². The average Bonchev–Trinajstić information content (AvgIpc) is 2.84. The Hall–Kier alpha value is -4.34. The predicted molar refractivity (Wildman–Crippen MR) is 125 cm³/mol. The van der Waals surface area contributed by atoms with Gasteiger partial charge >= 0.3 is 23.9 Å². The van der Waals surface area contributed by atoms with E-state index in [0.29, 0.717) is 17.9 Å². The molecule has 1 atom stereocenters. The first-order chi connectivity index (χ1) is 16.7. The lowest BCUT2D eigenvalue weighted by molar-refractivity contribution is -0.136. The molecule has 1 heterocycles. The number of carbonyl (C=O) groups is 4. The number of hydrogen-bond acceptors (Lipinski definition) is 8. The summed E-state index contributed by atoms with van der Waals surface area (Å²) in [6, 6.07) is 9.55. The van der Waals surface area contributed by atoms with Crippen molar-refractivity contribution in [3.05, 3.63) is 64.9 Å². The highest BCUT2D eigenvalue weighted by Gasteiger charge is 2.39. The van der Waals surface area contributed by atoms with Crippen molar-refractivity contribution in [3.8, 4) is 11.5 Å². The van der Waals surface area contributed by atoms with Gasteiger partial charge in [0.05, 0.1) is 43.7 Å². The van der Waals surface area contributed by atoms with E-state index in [1.54, 1.807) is 50.2 Å². The van der Waals surface area contributed by atoms with E-state index >= 15 is 0 Å². The van der Waals surface area contributed by atoms with Gasteiger partial charge in [-0.3, -0.25) is 9.69 Å². The van der Waals surface area contributed by atoms with Crippen LogP contribution in [0.3, 0.4) is 0 Å². The number of benzene rings is 2. The quantitative estimate of drug-likeness (QED) is 0.470. The standard InChI is InChI=1S/C25H26N2O8/c1-6-34-19-12-8-11-18(22(19)35-15(3)28)21-20(24(30)33-5)14(2)27(25(31)26-21)17-10-7-9-16(13-17)23(29)32-4/h7-13,21H,6H2,1-5H3,(H,26,31). The van der Waals surface area contributed by atoms with Crippen LogP contribution in [-0.2, 0) is 19.1 Å². The minimum Gasteiger partial charge on any atom is -0.490 e. The Labute approximate surface area is 202 Å². The third-order valence-corrected chi connectivity index (χ3v) is 5.28. The van der Waals surface area contributed by atoms with E-state index in [1.165, 1.54) is 32.1 Å². The molecule has 1 N–H and O–H groups in total. The van der Waals surface area contributed by atoms with Gasteiger partial charge in [-0.15, -0.1) is 0 Å². The molecule has 2 aromatic rings. The van der Waals surface area contributed by atoms with Crippen molar-refractivity contribution in [2.45, 2.75) is 26.8 Å². The monoisotopic (exact) mass is 482 g/mol. The molecule has 0 saturated heterocycles. The number of nitrogens with zero attached hydrogens (tertiary/aromatic N) is 1. The molecule has 0 radical (unpaired) electrons. The number of carbonyl (C=O) groups excluding carboxylic acids is 4. The van der Waals surface area contributed by atoms with Crippen molar-refractivity contribution in [2.75, 3.05) is 25.7 Å². The predicted octanol–water partition coefficient (Wildman–Crippen LogP) is 3.52. The summed E-state index contributed by atoms with van der Waals surface area (Å²) >= 11 is 0. The molecule has 2 amide bonds. The number of para-hydroxylation sites is 1. The number of amides is 2. The van der Waals surface area contributed by atoms with E-state index in [4.69, 9.17) is 18.9 Å². The Morgan fingerprint density at radius 3 is 2.34 bits per heavy atom. The molecule has 1 aliphatic rings. The minimum absolute atomic E-state index is 0.0856. The largest absolute Gasteiger partial charge is 0.490 e. The Morgan fingerprint density at radius 2 is 1.71 bits per heavy atom. The second-order valence-electron chi connectivity index (χ2n) is 7.45. The molecule has 3 rings (SSSR count). The fourth-order valence-corrected chi connectivity index (χ4v) is 3.83. The third kappa shape index (κ3) is 5.11. The molecule has 10 heteroatoms. The highest BCUT2D eigenvalue weighted by atomic mass is 16.6. The van der Waals surface area contributed by atoms with Crippen LogP contribution in [0.4, 0.5) is 10.5 Å². The smallest absolute Gasteiger partial charge is 0.337 e. The maximum atomic E-state index is 13.3. The molecule has 0 bridgehead atoms. The van der Waals surface area contributed by atoms with Crippen molar-refractivity contribution in [2.24, 2.45) is 0 Å². The number of allylic oxidation sites excluding steroid dienone is 1. The molecule has 0 aromatic heterocycles. The zero-order valence-corrected chi connectivity index (χ0v) is 20.0. The van der Waals surface area contributed by atoms with Crippen molar-refractivity contribution in [1.29, 1.82) is 0 Å². The van der Waals surface area contributed by atoms with Crippen LogP contribution >= 0.6 is 0 Å². The number of hydrogen-bond donors (Lipinski definition) is 1. The SMILES string of the molecule is CCOc1cccc(C2NC(=O)N(c3cccc(C(=O)OC)c3)C(C)=C2C(=O)OC)c1OC(C)=O. The first-order valence-corrected chi connectivity index (χ1v) is 10.8. The van der Waals surface area contributed by atoms with Gasteiger partial charge in [-0.05, 0) is 38.1 Å². The molecule has 1 unspecified atom stereocenters. The molecule has 10 nitrogen and oxygen atoms in total. The van der Waals surface area contributed by atoms with Gasteiger partial charge in [0.1, 0.15) is 0 Å². The third-order valence-electron chi connectivity index (χ3n) is 5.28. The Balaban J connectivity index is 2.20. The summed E-state index contributed by atoms with van der Waals surface area (Å²) < 4.78 is 20.8. The molecule has 35 heavy (non-hydrogen) atoms. The molecule has 0 fully saturated rings. The average molecular weight is 482 g/mol. The number of anilines is 1. The van der Waals surface area contributed by atoms with Crippen LogP contribution in [0, 0.1) is 0 Å². The summed E-state index contributed by atoms with van der Waals surface area (Å²) in [6.07, 6.45) is 0. The fourth-order valence-electron chi connectivity index (χ4n) is 3.83. The second-order valence-corrected chi connectivity index (χ2v) is 7.45. The summed E-state index contributed by atoms with van der Waals surface area (Å²) in [5, 5.41) is 2.79. The van der Waals surface area contributed by atoms with Crippen molar-refractivity contribution in [1.82, 2.24) is 5.32 Å². The van der Waals surface area contributed by atoms with E-state index in [-0.39, 0.29) is 28.3 Å². The van der Waals surface area contributed by atoms with E-state index < -0.39 is 30.0 Å². The summed E-state index contributed by atoms with van der Waals surface area (Å²) in [6.45, 7) is 4.90. The molecule has 0 spiro atoms. The highest BCUT2D eigenvalue weighted by Crippen LogP contribution is 2.41. The zero-order valence-electron chi connectivity index (χ0n) is 20.0. The van der Waals surface area contributed by atoms with Crippen molar-refractivity contribution < 1.29 is 38.1 Å². The minimum atomic E-state index is -1.01. The van der Waals surface area contributed by atoms with Crippen LogP contribution in [-0.4, -0.2) is 44.8 Å². The highest BCUT2D eigenvalue weighted by molar-refractivity contribution is 6.04. The van der Waals surface area contributed by atoms with Gasteiger partial charge in [0.15, 0.2) is 11.5 Å². The molecule has 0 aliphatic carbocycles. The van der Waals surface area contributed by atoms with Crippen LogP contribution < -0.4 is 19.7 Å². The summed E-state index contributed by atoms with van der Waals surface area (Å²) in [5.74, 6) is -1.50. The van der Waals surface area contributed by atoms with Gasteiger partial charge < -0.3 is 24.3 Å².